The number of aliphatic imine (C=N–C) groups is 1. The van der Waals surface area contributed by atoms with Crippen LogP contribution in [0.5, 0.6) is 0 Å². The summed E-state index contributed by atoms with van der Waals surface area (Å²) < 4.78 is 5.53. The summed E-state index contributed by atoms with van der Waals surface area (Å²) in [5.41, 5.74) is 2.25. The van der Waals surface area contributed by atoms with Gasteiger partial charge in [-0.05, 0) is 36.4 Å². The van der Waals surface area contributed by atoms with Gasteiger partial charge in [-0.1, -0.05) is 24.3 Å². The van der Waals surface area contributed by atoms with E-state index >= 15 is 0 Å². The van der Waals surface area contributed by atoms with Crippen molar-refractivity contribution in [3.8, 4) is 0 Å². The van der Waals surface area contributed by atoms with Gasteiger partial charge in [-0.2, -0.15) is 0 Å². The van der Waals surface area contributed by atoms with Crippen molar-refractivity contribution < 1.29 is 9.53 Å². The molecule has 1 aromatic carbocycles. The lowest BCUT2D eigenvalue weighted by atomic mass is 10.2. The number of fused-ring (bicyclic) bond motifs is 1. The zero-order valence-corrected chi connectivity index (χ0v) is 21.6. The van der Waals surface area contributed by atoms with Crippen LogP contribution in [0.15, 0.2) is 46.8 Å². The number of hydrogen-bond donors (Lipinski definition) is 2. The lowest BCUT2D eigenvalue weighted by Crippen LogP contribution is -2.46. The van der Waals surface area contributed by atoms with Crippen LogP contribution >= 0.6 is 35.3 Å². The third-order valence-electron chi connectivity index (χ3n) is 5.73. The molecule has 2 aliphatic rings. The topological polar surface area (TPSA) is 69.2 Å². The molecule has 1 atom stereocenters. The van der Waals surface area contributed by atoms with Gasteiger partial charge in [0.2, 0.25) is 5.91 Å². The van der Waals surface area contributed by atoms with Gasteiger partial charge in [0.1, 0.15) is 6.54 Å². The molecule has 0 bridgehead atoms. The van der Waals surface area contributed by atoms with Crippen molar-refractivity contribution in [1.29, 1.82) is 0 Å². The SMILES string of the molecule is CCNC(=NCC(=O)N1CCc2ccccc21)NCC(c1cccs1)N1CCOCC1.I. The Bertz CT molecular complexity index is 886. The summed E-state index contributed by atoms with van der Waals surface area (Å²) in [6.07, 6.45) is 0.909. The molecule has 7 nitrogen and oxygen atoms in total. The molecule has 1 fully saturated rings. The summed E-state index contributed by atoms with van der Waals surface area (Å²) >= 11 is 1.77. The van der Waals surface area contributed by atoms with Crippen molar-refractivity contribution >= 4 is 52.9 Å². The first-order valence-electron chi connectivity index (χ1n) is 11.0. The first kappa shape index (κ1) is 24.9. The van der Waals surface area contributed by atoms with E-state index in [0.717, 1.165) is 58.0 Å². The molecule has 174 valence electrons. The Labute approximate surface area is 211 Å². The van der Waals surface area contributed by atoms with Crippen molar-refractivity contribution in [1.82, 2.24) is 15.5 Å². The molecular weight excluding hydrogens is 537 g/mol. The lowest BCUT2D eigenvalue weighted by Gasteiger charge is -2.34. The van der Waals surface area contributed by atoms with E-state index in [-0.39, 0.29) is 42.5 Å². The Morgan fingerprint density at radius 1 is 1.16 bits per heavy atom. The number of halogens is 1. The van der Waals surface area contributed by atoms with Crippen LogP contribution in [-0.2, 0) is 16.0 Å². The van der Waals surface area contributed by atoms with Gasteiger partial charge in [0, 0.05) is 43.3 Å². The molecule has 3 heterocycles. The molecule has 32 heavy (non-hydrogen) atoms. The zero-order valence-electron chi connectivity index (χ0n) is 18.5. The molecule has 2 N–H and O–H groups in total. The number of ether oxygens (including phenoxy) is 1. The number of carbonyl (C=O) groups excluding carboxylic acids is 1. The maximum absolute atomic E-state index is 12.8. The fourth-order valence-electron chi connectivity index (χ4n) is 4.14. The molecule has 0 radical (unpaired) electrons. The molecule has 1 unspecified atom stereocenters. The third-order valence-corrected chi connectivity index (χ3v) is 6.70. The minimum absolute atomic E-state index is 0. The monoisotopic (exact) mass is 569 g/mol. The number of nitrogens with one attached hydrogen (secondary N) is 2. The highest BCUT2D eigenvalue weighted by molar-refractivity contribution is 14.0. The molecular formula is C23H32IN5O2S. The fourth-order valence-corrected chi connectivity index (χ4v) is 5.00. The van der Waals surface area contributed by atoms with Crippen molar-refractivity contribution in [2.75, 3.05) is 57.4 Å². The van der Waals surface area contributed by atoms with Gasteiger partial charge >= 0.3 is 0 Å². The van der Waals surface area contributed by atoms with Crippen LogP contribution < -0.4 is 15.5 Å². The minimum atomic E-state index is 0. The van der Waals surface area contributed by atoms with Gasteiger partial charge in [-0.15, -0.1) is 35.3 Å². The average Bonchev–Trinajstić information content (AvgIpc) is 3.48. The van der Waals surface area contributed by atoms with Gasteiger partial charge in [0.25, 0.3) is 0 Å². The third kappa shape index (κ3) is 6.21. The van der Waals surface area contributed by atoms with E-state index in [1.54, 1.807) is 11.3 Å². The van der Waals surface area contributed by atoms with Gasteiger partial charge in [-0.25, -0.2) is 4.99 Å². The van der Waals surface area contributed by atoms with Crippen molar-refractivity contribution in [2.45, 2.75) is 19.4 Å². The molecule has 4 rings (SSSR count). The maximum Gasteiger partial charge on any atom is 0.248 e. The number of para-hydroxylation sites is 1. The van der Waals surface area contributed by atoms with Crippen LogP contribution in [0, 0.1) is 0 Å². The molecule has 0 saturated carbocycles. The number of benzene rings is 1. The van der Waals surface area contributed by atoms with Crippen LogP contribution in [0.3, 0.4) is 0 Å². The number of morpholine rings is 1. The Balaban J connectivity index is 0.00000289. The van der Waals surface area contributed by atoms with E-state index in [1.165, 1.54) is 10.4 Å². The quantitative estimate of drug-likeness (QED) is 0.305. The van der Waals surface area contributed by atoms with Crippen LogP contribution in [-0.4, -0.2) is 69.2 Å². The molecule has 2 aliphatic heterocycles. The van der Waals surface area contributed by atoms with E-state index in [2.05, 4.69) is 44.1 Å². The number of thiophene rings is 1. The molecule has 0 spiro atoms. The Morgan fingerprint density at radius 2 is 1.97 bits per heavy atom. The Hall–Kier alpha value is -1.69. The summed E-state index contributed by atoms with van der Waals surface area (Å²) in [7, 11) is 0. The maximum atomic E-state index is 12.8. The summed E-state index contributed by atoms with van der Waals surface area (Å²) in [6, 6.07) is 12.7. The van der Waals surface area contributed by atoms with Gasteiger partial charge in [0.05, 0.1) is 19.3 Å². The van der Waals surface area contributed by atoms with Crippen LogP contribution in [0.2, 0.25) is 0 Å². The highest BCUT2D eigenvalue weighted by atomic mass is 127. The van der Waals surface area contributed by atoms with Crippen LogP contribution in [0.4, 0.5) is 5.69 Å². The molecule has 2 aromatic rings. The summed E-state index contributed by atoms with van der Waals surface area (Å²) in [5, 5.41) is 8.86. The van der Waals surface area contributed by atoms with Crippen molar-refractivity contribution in [2.24, 2.45) is 4.99 Å². The van der Waals surface area contributed by atoms with Crippen LogP contribution in [0.25, 0.3) is 0 Å². The number of guanidine groups is 1. The van der Waals surface area contributed by atoms with Gasteiger partial charge in [0.15, 0.2) is 5.96 Å². The lowest BCUT2D eigenvalue weighted by molar-refractivity contribution is -0.117. The van der Waals surface area contributed by atoms with Gasteiger partial charge in [-0.3, -0.25) is 9.69 Å². The Kier molecular flexibility index (Phi) is 9.76. The summed E-state index contributed by atoms with van der Waals surface area (Å²) in [5.74, 6) is 0.711. The first-order valence-corrected chi connectivity index (χ1v) is 11.9. The molecule has 1 aromatic heterocycles. The fraction of sp³-hybridized carbons (Fsp3) is 0.478. The minimum Gasteiger partial charge on any atom is -0.379 e. The number of anilines is 1. The second-order valence-corrected chi connectivity index (χ2v) is 8.66. The predicted octanol–water partition coefficient (Wildman–Crippen LogP) is 2.88. The number of amides is 1. The van der Waals surface area contributed by atoms with E-state index in [0.29, 0.717) is 5.96 Å². The molecule has 1 saturated heterocycles. The zero-order chi connectivity index (χ0) is 21.5. The second kappa shape index (κ2) is 12.5. The Morgan fingerprint density at radius 3 is 2.72 bits per heavy atom. The predicted molar refractivity (Wildman–Crippen MR) is 141 cm³/mol. The highest BCUT2D eigenvalue weighted by Crippen LogP contribution is 2.27. The summed E-state index contributed by atoms with van der Waals surface area (Å²) in [4.78, 5) is 23.1. The van der Waals surface area contributed by atoms with E-state index in [1.807, 2.05) is 30.0 Å². The number of rotatable bonds is 7. The molecule has 9 heteroatoms. The molecule has 0 aliphatic carbocycles. The molecule has 1 amide bonds. The average molecular weight is 570 g/mol. The van der Waals surface area contributed by atoms with E-state index in [4.69, 9.17) is 4.74 Å². The number of nitrogens with zero attached hydrogens (tertiary/aromatic N) is 3. The van der Waals surface area contributed by atoms with Crippen molar-refractivity contribution in [3.63, 3.8) is 0 Å². The number of carbonyl (C=O) groups is 1. The van der Waals surface area contributed by atoms with Crippen molar-refractivity contribution in [3.05, 3.63) is 52.2 Å². The largest absolute Gasteiger partial charge is 0.379 e. The first-order chi connectivity index (χ1) is 15.3. The highest BCUT2D eigenvalue weighted by Gasteiger charge is 2.25. The van der Waals surface area contributed by atoms with E-state index < -0.39 is 0 Å². The normalized spacial score (nSPS) is 17.4. The van der Waals surface area contributed by atoms with E-state index in [9.17, 15) is 4.79 Å². The van der Waals surface area contributed by atoms with Gasteiger partial charge < -0.3 is 20.3 Å². The smallest absolute Gasteiger partial charge is 0.248 e. The van der Waals surface area contributed by atoms with Crippen LogP contribution in [0.1, 0.15) is 23.4 Å². The second-order valence-electron chi connectivity index (χ2n) is 7.68. The number of hydrogen-bond acceptors (Lipinski definition) is 5. The summed E-state index contributed by atoms with van der Waals surface area (Å²) in [6.45, 7) is 7.74. The standard InChI is InChI=1S/C23H31N5O2S.HI/c1-2-24-23(26-17-22(29)28-10-9-18-6-3-4-7-19(18)28)25-16-20(21-8-5-15-31-21)27-11-13-30-14-12-27;/h3-8,15,20H,2,9-14,16-17H2,1H3,(H2,24,25,26);1H.